The molecular formula is C16H22O2. The van der Waals surface area contributed by atoms with Gasteiger partial charge in [0.05, 0.1) is 12.2 Å². The van der Waals surface area contributed by atoms with Crippen LogP contribution in [-0.4, -0.2) is 23.9 Å². The molecule has 0 aromatic heterocycles. The maximum Gasteiger partial charge on any atom is 0.0942 e. The molecule has 0 saturated heterocycles. The minimum atomic E-state index is -0.602. The third-order valence-electron chi connectivity index (χ3n) is 4.87. The number of aliphatic hydroxyl groups is 1. The Morgan fingerprint density at radius 2 is 1.72 bits per heavy atom. The minimum absolute atomic E-state index is 0.373. The molecule has 18 heavy (non-hydrogen) atoms. The van der Waals surface area contributed by atoms with Crippen molar-refractivity contribution in [2.45, 2.75) is 38.2 Å². The van der Waals surface area contributed by atoms with Crippen molar-refractivity contribution >= 4 is 0 Å². The van der Waals surface area contributed by atoms with Crippen molar-refractivity contribution in [3.8, 4) is 0 Å². The zero-order valence-electron chi connectivity index (χ0n) is 11.1. The molecule has 2 atom stereocenters. The van der Waals surface area contributed by atoms with E-state index in [9.17, 15) is 5.11 Å². The predicted octanol–water partition coefficient (Wildman–Crippen LogP) is 2.58. The van der Waals surface area contributed by atoms with Crippen LogP contribution in [-0.2, 0) is 17.6 Å². The summed E-state index contributed by atoms with van der Waals surface area (Å²) >= 11 is 0. The lowest BCUT2D eigenvalue weighted by molar-refractivity contribution is -0.0944. The third-order valence-corrected chi connectivity index (χ3v) is 4.87. The largest absolute Gasteiger partial charge is 0.387 e. The summed E-state index contributed by atoms with van der Waals surface area (Å²) in [6, 6.07) is 8.66. The molecule has 1 aromatic rings. The van der Waals surface area contributed by atoms with Gasteiger partial charge >= 0.3 is 0 Å². The van der Waals surface area contributed by atoms with Crippen molar-refractivity contribution < 1.29 is 9.84 Å². The lowest BCUT2D eigenvalue weighted by atomic mass is 9.83. The average molecular weight is 246 g/mol. The fourth-order valence-corrected chi connectivity index (χ4v) is 3.78. The molecule has 0 spiro atoms. The van der Waals surface area contributed by atoms with Gasteiger partial charge in [0.15, 0.2) is 0 Å². The Bertz CT molecular complexity index is 394. The molecule has 2 heteroatoms. The van der Waals surface area contributed by atoms with Crippen LogP contribution in [0.15, 0.2) is 24.3 Å². The third kappa shape index (κ3) is 1.88. The summed E-state index contributed by atoms with van der Waals surface area (Å²) in [6.45, 7) is 3.19. The van der Waals surface area contributed by atoms with Crippen LogP contribution >= 0.6 is 0 Å². The van der Waals surface area contributed by atoms with E-state index in [1.165, 1.54) is 11.1 Å². The van der Waals surface area contributed by atoms with Crippen LogP contribution < -0.4 is 0 Å². The topological polar surface area (TPSA) is 29.5 Å². The highest BCUT2D eigenvalue weighted by Gasteiger charge is 2.50. The second kappa shape index (κ2) is 4.67. The molecular weight excluding hydrogens is 224 g/mol. The number of hydrogen-bond acceptors (Lipinski definition) is 2. The first-order valence-corrected chi connectivity index (χ1v) is 7.11. The fourth-order valence-electron chi connectivity index (χ4n) is 3.78. The van der Waals surface area contributed by atoms with Gasteiger partial charge in [0.2, 0.25) is 0 Å². The molecule has 1 saturated carbocycles. The molecule has 98 valence electrons. The van der Waals surface area contributed by atoms with Crippen LogP contribution in [0.4, 0.5) is 0 Å². The smallest absolute Gasteiger partial charge is 0.0942 e. The van der Waals surface area contributed by atoms with Gasteiger partial charge in [-0.25, -0.2) is 0 Å². The van der Waals surface area contributed by atoms with Crippen LogP contribution in [0.3, 0.4) is 0 Å². The number of hydrogen-bond donors (Lipinski definition) is 1. The summed E-state index contributed by atoms with van der Waals surface area (Å²) < 4.78 is 5.56. The molecule has 2 nitrogen and oxygen atoms in total. The summed E-state index contributed by atoms with van der Waals surface area (Å²) in [6.07, 6.45) is 4.30. The Morgan fingerprint density at radius 3 is 2.22 bits per heavy atom. The second-order valence-electron chi connectivity index (χ2n) is 5.78. The monoisotopic (exact) mass is 246 g/mol. The SMILES string of the molecule is CCOCC1(O)C2CCC1Cc1ccccc1C2. The van der Waals surface area contributed by atoms with Crippen LogP contribution in [0.1, 0.15) is 30.9 Å². The van der Waals surface area contributed by atoms with E-state index in [0.29, 0.717) is 25.0 Å². The highest BCUT2D eigenvalue weighted by Crippen LogP contribution is 2.47. The zero-order valence-corrected chi connectivity index (χ0v) is 11.1. The van der Waals surface area contributed by atoms with E-state index in [0.717, 1.165) is 25.7 Å². The summed E-state index contributed by atoms with van der Waals surface area (Å²) in [5, 5.41) is 11.0. The Morgan fingerprint density at radius 1 is 1.17 bits per heavy atom. The van der Waals surface area contributed by atoms with Gasteiger partial charge in [-0.05, 0) is 55.6 Å². The maximum absolute atomic E-state index is 11.0. The standard InChI is InChI=1S/C16H22O2/c1-2-18-11-16(17)14-7-8-15(16)10-13-6-4-3-5-12(13)9-14/h3-6,14-15,17H,2,7-11H2,1H3. The molecule has 2 aliphatic rings. The first kappa shape index (κ1) is 12.2. The Kier molecular flexibility index (Phi) is 3.16. The van der Waals surface area contributed by atoms with Gasteiger partial charge in [-0.2, -0.15) is 0 Å². The quantitative estimate of drug-likeness (QED) is 0.888. The Balaban J connectivity index is 1.90. The first-order chi connectivity index (χ1) is 8.74. The molecule has 2 aliphatic carbocycles. The van der Waals surface area contributed by atoms with Crippen molar-refractivity contribution in [1.82, 2.24) is 0 Å². The van der Waals surface area contributed by atoms with E-state index in [-0.39, 0.29) is 0 Å². The van der Waals surface area contributed by atoms with E-state index in [4.69, 9.17) is 4.74 Å². The van der Waals surface area contributed by atoms with Crippen LogP contribution in [0.5, 0.6) is 0 Å². The van der Waals surface area contributed by atoms with E-state index in [1.54, 1.807) is 0 Å². The Hall–Kier alpha value is -0.860. The molecule has 3 rings (SSSR count). The fraction of sp³-hybridized carbons (Fsp3) is 0.625. The van der Waals surface area contributed by atoms with Gasteiger partial charge < -0.3 is 9.84 Å². The summed E-state index contributed by atoms with van der Waals surface area (Å²) in [7, 11) is 0. The number of ether oxygens (including phenoxy) is 1. The normalized spacial score (nSPS) is 34.1. The number of rotatable bonds is 3. The van der Waals surface area contributed by atoms with Crippen molar-refractivity contribution in [1.29, 1.82) is 0 Å². The van der Waals surface area contributed by atoms with E-state index in [2.05, 4.69) is 24.3 Å². The summed E-state index contributed by atoms with van der Waals surface area (Å²) in [5.41, 5.74) is 2.26. The minimum Gasteiger partial charge on any atom is -0.387 e. The number of benzene rings is 1. The lowest BCUT2D eigenvalue weighted by Crippen LogP contribution is -2.44. The van der Waals surface area contributed by atoms with Crippen molar-refractivity contribution in [2.24, 2.45) is 11.8 Å². The lowest BCUT2D eigenvalue weighted by Gasteiger charge is -2.33. The molecule has 2 bridgehead atoms. The molecule has 0 radical (unpaired) electrons. The van der Waals surface area contributed by atoms with Gasteiger partial charge in [0.1, 0.15) is 0 Å². The Labute approximate surface area is 109 Å². The van der Waals surface area contributed by atoms with E-state index in [1.807, 2.05) is 6.92 Å². The molecule has 1 fully saturated rings. The predicted molar refractivity (Wildman–Crippen MR) is 71.5 cm³/mol. The van der Waals surface area contributed by atoms with Gasteiger partial charge in [0.25, 0.3) is 0 Å². The van der Waals surface area contributed by atoms with Crippen LogP contribution in [0.25, 0.3) is 0 Å². The summed E-state index contributed by atoms with van der Waals surface area (Å²) in [4.78, 5) is 0. The molecule has 2 unspecified atom stereocenters. The molecule has 1 N–H and O–H groups in total. The van der Waals surface area contributed by atoms with Gasteiger partial charge in [-0.15, -0.1) is 0 Å². The summed E-state index contributed by atoms with van der Waals surface area (Å²) in [5.74, 6) is 0.746. The molecule has 0 aliphatic heterocycles. The zero-order chi connectivity index (χ0) is 12.6. The average Bonchev–Trinajstić information content (AvgIpc) is 2.59. The van der Waals surface area contributed by atoms with Gasteiger partial charge in [-0.3, -0.25) is 0 Å². The highest BCUT2D eigenvalue weighted by atomic mass is 16.5. The van der Waals surface area contributed by atoms with Crippen molar-refractivity contribution in [3.05, 3.63) is 35.4 Å². The molecule has 0 heterocycles. The van der Waals surface area contributed by atoms with Crippen LogP contribution in [0, 0.1) is 11.8 Å². The van der Waals surface area contributed by atoms with Crippen molar-refractivity contribution in [2.75, 3.05) is 13.2 Å². The second-order valence-corrected chi connectivity index (χ2v) is 5.78. The molecule has 1 aromatic carbocycles. The van der Waals surface area contributed by atoms with Crippen LogP contribution in [0.2, 0.25) is 0 Å². The van der Waals surface area contributed by atoms with E-state index >= 15 is 0 Å². The van der Waals surface area contributed by atoms with Gasteiger partial charge in [0, 0.05) is 6.61 Å². The van der Waals surface area contributed by atoms with E-state index < -0.39 is 5.60 Å². The number of fused-ring (bicyclic) bond motifs is 3. The molecule has 0 amide bonds. The highest BCUT2D eigenvalue weighted by molar-refractivity contribution is 5.31. The van der Waals surface area contributed by atoms with Gasteiger partial charge in [-0.1, -0.05) is 24.3 Å². The maximum atomic E-state index is 11.0. The first-order valence-electron chi connectivity index (χ1n) is 7.11. The van der Waals surface area contributed by atoms with Crippen molar-refractivity contribution in [3.63, 3.8) is 0 Å².